The number of rotatable bonds is 3. The van der Waals surface area contributed by atoms with E-state index in [9.17, 15) is 5.11 Å². The van der Waals surface area contributed by atoms with Crippen LogP contribution in [0.2, 0.25) is 0 Å². The molecule has 1 aromatic rings. The van der Waals surface area contributed by atoms with E-state index in [0.717, 1.165) is 43.1 Å². The number of anilines is 2. The van der Waals surface area contributed by atoms with Crippen molar-refractivity contribution in [3.8, 4) is 0 Å². The van der Waals surface area contributed by atoms with Crippen molar-refractivity contribution in [3.63, 3.8) is 0 Å². The number of aliphatic hydroxyl groups excluding tert-OH is 1. The molecule has 0 bridgehead atoms. The fourth-order valence-corrected chi connectivity index (χ4v) is 2.68. The van der Waals surface area contributed by atoms with Crippen molar-refractivity contribution in [1.82, 2.24) is 9.78 Å². The van der Waals surface area contributed by atoms with E-state index in [4.69, 9.17) is 5.73 Å². The SMILES string of the molecule is CC(C)c1nn(C)c(N2CCC(CO)CC2)c1N. The summed E-state index contributed by atoms with van der Waals surface area (Å²) in [5.41, 5.74) is 8.03. The minimum absolute atomic E-state index is 0.298. The van der Waals surface area contributed by atoms with Gasteiger partial charge in [-0.05, 0) is 24.7 Å². The summed E-state index contributed by atoms with van der Waals surface area (Å²) in [5, 5.41) is 13.7. The average molecular weight is 252 g/mol. The Kier molecular flexibility index (Phi) is 3.80. The van der Waals surface area contributed by atoms with Crippen molar-refractivity contribution in [2.75, 3.05) is 30.3 Å². The van der Waals surface area contributed by atoms with Crippen LogP contribution in [0.3, 0.4) is 0 Å². The van der Waals surface area contributed by atoms with Crippen LogP contribution in [0.15, 0.2) is 0 Å². The normalized spacial score (nSPS) is 17.7. The Balaban J connectivity index is 2.19. The minimum Gasteiger partial charge on any atom is -0.396 e. The molecule has 0 amide bonds. The zero-order valence-corrected chi connectivity index (χ0v) is 11.6. The first-order valence-electron chi connectivity index (χ1n) is 6.72. The van der Waals surface area contributed by atoms with Gasteiger partial charge in [0.1, 0.15) is 5.82 Å². The number of aryl methyl sites for hydroxylation is 1. The summed E-state index contributed by atoms with van der Waals surface area (Å²) in [6.07, 6.45) is 2.05. The van der Waals surface area contributed by atoms with E-state index in [1.165, 1.54) is 0 Å². The van der Waals surface area contributed by atoms with Crippen LogP contribution in [0.1, 0.15) is 38.3 Å². The standard InChI is InChI=1S/C13H24N4O/c1-9(2)12-11(14)13(16(3)15-12)17-6-4-10(8-18)5-7-17/h9-10,18H,4-8,14H2,1-3H3. The largest absolute Gasteiger partial charge is 0.396 e. The van der Waals surface area contributed by atoms with Crippen LogP contribution in [-0.2, 0) is 7.05 Å². The maximum atomic E-state index is 9.17. The van der Waals surface area contributed by atoms with E-state index in [0.29, 0.717) is 18.4 Å². The molecule has 1 aliphatic rings. The van der Waals surface area contributed by atoms with Gasteiger partial charge in [0.05, 0.1) is 11.4 Å². The van der Waals surface area contributed by atoms with Gasteiger partial charge in [0.25, 0.3) is 0 Å². The molecule has 1 aromatic heterocycles. The van der Waals surface area contributed by atoms with E-state index >= 15 is 0 Å². The van der Waals surface area contributed by atoms with Crippen LogP contribution < -0.4 is 10.6 Å². The molecule has 0 atom stereocenters. The molecule has 5 heteroatoms. The minimum atomic E-state index is 0.298. The van der Waals surface area contributed by atoms with Gasteiger partial charge < -0.3 is 15.7 Å². The molecule has 0 spiro atoms. The lowest BCUT2D eigenvalue weighted by Crippen LogP contribution is -2.36. The molecule has 5 nitrogen and oxygen atoms in total. The Labute approximate surface area is 109 Å². The van der Waals surface area contributed by atoms with Gasteiger partial charge in [-0.25, -0.2) is 0 Å². The summed E-state index contributed by atoms with van der Waals surface area (Å²) < 4.78 is 1.89. The number of piperidine rings is 1. The fraction of sp³-hybridized carbons (Fsp3) is 0.769. The summed E-state index contributed by atoms with van der Waals surface area (Å²) in [6, 6.07) is 0. The Morgan fingerprint density at radius 2 is 2.00 bits per heavy atom. The highest BCUT2D eigenvalue weighted by Gasteiger charge is 2.25. The number of nitrogens with two attached hydrogens (primary N) is 1. The molecular weight excluding hydrogens is 228 g/mol. The zero-order valence-electron chi connectivity index (χ0n) is 11.6. The predicted molar refractivity (Wildman–Crippen MR) is 73.7 cm³/mol. The Morgan fingerprint density at radius 1 is 1.39 bits per heavy atom. The lowest BCUT2D eigenvalue weighted by molar-refractivity contribution is 0.202. The van der Waals surface area contributed by atoms with E-state index in [-0.39, 0.29) is 0 Å². The molecule has 3 N–H and O–H groups in total. The van der Waals surface area contributed by atoms with Crippen LogP contribution in [-0.4, -0.2) is 34.6 Å². The van der Waals surface area contributed by atoms with E-state index in [2.05, 4.69) is 23.8 Å². The first-order chi connectivity index (χ1) is 8.54. The maximum Gasteiger partial charge on any atom is 0.150 e. The molecule has 0 aliphatic carbocycles. The summed E-state index contributed by atoms with van der Waals surface area (Å²) in [5.74, 6) is 1.83. The van der Waals surface area contributed by atoms with Crippen LogP contribution in [0, 0.1) is 5.92 Å². The molecule has 0 aromatic carbocycles. The average Bonchev–Trinajstić information content (AvgIpc) is 2.65. The first-order valence-corrected chi connectivity index (χ1v) is 6.72. The van der Waals surface area contributed by atoms with Crippen LogP contribution in [0.5, 0.6) is 0 Å². The molecular formula is C13H24N4O. The van der Waals surface area contributed by atoms with Crippen molar-refractivity contribution in [2.45, 2.75) is 32.6 Å². The Bertz CT molecular complexity index is 405. The number of aliphatic hydroxyl groups is 1. The molecule has 0 saturated carbocycles. The summed E-state index contributed by atoms with van der Waals surface area (Å²) >= 11 is 0. The van der Waals surface area contributed by atoms with E-state index in [1.807, 2.05) is 11.7 Å². The summed E-state index contributed by atoms with van der Waals surface area (Å²) in [4.78, 5) is 2.29. The zero-order chi connectivity index (χ0) is 13.3. The molecule has 1 aliphatic heterocycles. The monoisotopic (exact) mass is 252 g/mol. The molecule has 102 valence electrons. The third-order valence-electron chi connectivity index (χ3n) is 3.80. The second-order valence-electron chi connectivity index (χ2n) is 5.51. The van der Waals surface area contributed by atoms with Crippen molar-refractivity contribution in [1.29, 1.82) is 0 Å². The molecule has 2 rings (SSSR count). The van der Waals surface area contributed by atoms with Crippen molar-refractivity contribution < 1.29 is 5.11 Å². The summed E-state index contributed by atoms with van der Waals surface area (Å²) in [6.45, 7) is 6.42. The highest BCUT2D eigenvalue weighted by molar-refractivity contribution is 5.67. The van der Waals surface area contributed by atoms with Crippen LogP contribution in [0.25, 0.3) is 0 Å². The smallest absolute Gasteiger partial charge is 0.150 e. The molecule has 1 fully saturated rings. The van der Waals surface area contributed by atoms with Crippen molar-refractivity contribution in [2.24, 2.45) is 13.0 Å². The highest BCUT2D eigenvalue weighted by Crippen LogP contribution is 2.32. The third-order valence-corrected chi connectivity index (χ3v) is 3.80. The third kappa shape index (κ3) is 2.32. The molecule has 0 unspecified atom stereocenters. The van der Waals surface area contributed by atoms with Gasteiger partial charge in [-0.15, -0.1) is 0 Å². The maximum absolute atomic E-state index is 9.17. The van der Waals surface area contributed by atoms with Crippen LogP contribution >= 0.6 is 0 Å². The quantitative estimate of drug-likeness (QED) is 0.851. The number of nitrogens with zero attached hydrogens (tertiary/aromatic N) is 3. The van der Waals surface area contributed by atoms with Gasteiger partial charge in [0.15, 0.2) is 0 Å². The predicted octanol–water partition coefficient (Wildman–Crippen LogP) is 1.33. The second-order valence-corrected chi connectivity index (χ2v) is 5.51. The van der Waals surface area contributed by atoms with Crippen LogP contribution in [0.4, 0.5) is 11.5 Å². The number of aromatic nitrogens is 2. The lowest BCUT2D eigenvalue weighted by Gasteiger charge is -2.32. The molecule has 1 saturated heterocycles. The molecule has 0 radical (unpaired) electrons. The Morgan fingerprint density at radius 3 is 2.44 bits per heavy atom. The van der Waals surface area contributed by atoms with E-state index in [1.54, 1.807) is 0 Å². The highest BCUT2D eigenvalue weighted by atomic mass is 16.3. The number of hydrogen-bond donors (Lipinski definition) is 2. The molecule has 18 heavy (non-hydrogen) atoms. The lowest BCUT2D eigenvalue weighted by atomic mass is 9.98. The summed E-state index contributed by atoms with van der Waals surface area (Å²) in [7, 11) is 1.95. The number of hydrogen-bond acceptors (Lipinski definition) is 4. The van der Waals surface area contributed by atoms with Crippen molar-refractivity contribution in [3.05, 3.63) is 5.69 Å². The van der Waals surface area contributed by atoms with E-state index < -0.39 is 0 Å². The van der Waals surface area contributed by atoms with Gasteiger partial charge >= 0.3 is 0 Å². The second kappa shape index (κ2) is 5.18. The fourth-order valence-electron chi connectivity index (χ4n) is 2.68. The van der Waals surface area contributed by atoms with Crippen molar-refractivity contribution >= 4 is 11.5 Å². The molecule has 2 heterocycles. The number of nitrogen functional groups attached to an aromatic ring is 1. The van der Waals surface area contributed by atoms with Gasteiger partial charge in [0.2, 0.25) is 0 Å². The van der Waals surface area contributed by atoms with Gasteiger partial charge in [-0.1, -0.05) is 13.8 Å². The topological polar surface area (TPSA) is 67.3 Å². The van der Waals surface area contributed by atoms with Gasteiger partial charge in [0, 0.05) is 26.7 Å². The van der Waals surface area contributed by atoms with Gasteiger partial charge in [-0.2, -0.15) is 5.10 Å². The Hall–Kier alpha value is -1.23. The first kappa shape index (κ1) is 13.2. The van der Waals surface area contributed by atoms with Gasteiger partial charge in [-0.3, -0.25) is 4.68 Å².